The van der Waals surface area contributed by atoms with E-state index in [1.165, 1.54) is 10.7 Å². The number of fused-ring (bicyclic) bond motifs is 1. The van der Waals surface area contributed by atoms with Crippen LogP contribution in [0.1, 0.15) is 20.8 Å². The summed E-state index contributed by atoms with van der Waals surface area (Å²) in [5.74, 6) is -1.09. The number of hydrogen-bond acceptors (Lipinski definition) is 4. The zero-order valence-corrected chi connectivity index (χ0v) is 10.2. The zero-order valence-electron chi connectivity index (χ0n) is 10.2. The average Bonchev–Trinajstić information content (AvgIpc) is 2.96. The second-order valence-electron chi connectivity index (χ2n) is 4.14. The summed E-state index contributed by atoms with van der Waals surface area (Å²) in [5.41, 5.74) is 1.68. The van der Waals surface area contributed by atoms with E-state index in [1.807, 2.05) is 6.07 Å². The predicted molar refractivity (Wildman–Crippen MR) is 71.2 cm³/mol. The molecule has 0 aliphatic rings. The highest BCUT2D eigenvalue weighted by Gasteiger charge is 2.11. The molecule has 0 aliphatic heterocycles. The summed E-state index contributed by atoms with van der Waals surface area (Å²) in [7, 11) is 0. The lowest BCUT2D eigenvalue weighted by molar-refractivity contribution is 0.0690. The van der Waals surface area contributed by atoms with Crippen LogP contribution in [0, 0.1) is 0 Å². The highest BCUT2D eigenvalue weighted by Crippen LogP contribution is 2.22. The average molecular weight is 267 g/mol. The van der Waals surface area contributed by atoms with Crippen LogP contribution < -0.4 is 0 Å². The molecule has 0 saturated heterocycles. The Morgan fingerprint density at radius 1 is 1.25 bits per heavy atom. The normalized spacial score (nSPS) is 10.6. The van der Waals surface area contributed by atoms with Gasteiger partial charge in [0.05, 0.1) is 11.2 Å². The molecule has 6 heteroatoms. The molecule has 0 spiro atoms. The highest BCUT2D eigenvalue weighted by molar-refractivity contribution is 5.99. The SMILES string of the molecule is O=Cc1ccc(-n2ccc(C(=O)O)n2)c2cccnc12. The van der Waals surface area contributed by atoms with Gasteiger partial charge >= 0.3 is 5.97 Å². The molecule has 6 nitrogen and oxygen atoms in total. The van der Waals surface area contributed by atoms with Gasteiger partial charge in [0.15, 0.2) is 12.0 Å². The van der Waals surface area contributed by atoms with Crippen molar-refractivity contribution in [1.82, 2.24) is 14.8 Å². The number of hydrogen-bond donors (Lipinski definition) is 1. The third-order valence-corrected chi connectivity index (χ3v) is 2.96. The topological polar surface area (TPSA) is 85.1 Å². The number of aldehydes is 1. The van der Waals surface area contributed by atoms with Gasteiger partial charge in [0.1, 0.15) is 0 Å². The van der Waals surface area contributed by atoms with Gasteiger partial charge in [0.2, 0.25) is 0 Å². The molecule has 20 heavy (non-hydrogen) atoms. The number of benzene rings is 1. The fraction of sp³-hybridized carbons (Fsp3) is 0. The summed E-state index contributed by atoms with van der Waals surface area (Å²) >= 11 is 0. The van der Waals surface area contributed by atoms with Crippen molar-refractivity contribution in [2.75, 3.05) is 0 Å². The van der Waals surface area contributed by atoms with Gasteiger partial charge < -0.3 is 5.11 Å². The number of pyridine rings is 1. The molecule has 98 valence electrons. The van der Waals surface area contributed by atoms with Crippen LogP contribution >= 0.6 is 0 Å². The van der Waals surface area contributed by atoms with Gasteiger partial charge in [-0.15, -0.1) is 0 Å². The van der Waals surface area contributed by atoms with Crippen LogP contribution in [-0.2, 0) is 0 Å². The summed E-state index contributed by atoms with van der Waals surface area (Å²) < 4.78 is 1.46. The number of nitrogens with zero attached hydrogens (tertiary/aromatic N) is 3. The van der Waals surface area contributed by atoms with Crippen LogP contribution in [0.3, 0.4) is 0 Å². The summed E-state index contributed by atoms with van der Waals surface area (Å²) in [6, 6.07) is 8.33. The summed E-state index contributed by atoms with van der Waals surface area (Å²) in [5, 5.41) is 13.6. The largest absolute Gasteiger partial charge is 0.476 e. The maximum Gasteiger partial charge on any atom is 0.356 e. The molecule has 2 heterocycles. The molecule has 0 amide bonds. The minimum atomic E-state index is -1.09. The summed E-state index contributed by atoms with van der Waals surface area (Å²) in [6.07, 6.45) is 3.90. The summed E-state index contributed by atoms with van der Waals surface area (Å²) in [4.78, 5) is 26.1. The minimum absolute atomic E-state index is 0.0403. The Hall–Kier alpha value is -3.02. The molecular weight excluding hydrogens is 258 g/mol. The smallest absolute Gasteiger partial charge is 0.356 e. The van der Waals surface area contributed by atoms with Crippen LogP contribution in [-0.4, -0.2) is 32.1 Å². The zero-order chi connectivity index (χ0) is 14.1. The second-order valence-corrected chi connectivity index (χ2v) is 4.14. The van der Waals surface area contributed by atoms with E-state index in [1.54, 1.807) is 30.6 Å². The third kappa shape index (κ3) is 1.83. The first kappa shape index (κ1) is 12.0. The van der Waals surface area contributed by atoms with Crippen molar-refractivity contribution in [3.63, 3.8) is 0 Å². The molecule has 0 fully saturated rings. The first-order chi connectivity index (χ1) is 9.70. The Labute approximate surface area is 113 Å². The molecule has 0 aliphatic carbocycles. The van der Waals surface area contributed by atoms with Crippen molar-refractivity contribution in [2.45, 2.75) is 0 Å². The lowest BCUT2D eigenvalue weighted by Crippen LogP contribution is -2.02. The number of rotatable bonds is 3. The van der Waals surface area contributed by atoms with Gasteiger partial charge in [-0.3, -0.25) is 9.78 Å². The van der Waals surface area contributed by atoms with Crippen molar-refractivity contribution in [3.8, 4) is 5.69 Å². The molecule has 1 aromatic carbocycles. The Balaban J connectivity index is 2.26. The van der Waals surface area contributed by atoms with Gasteiger partial charge in [-0.1, -0.05) is 0 Å². The molecule has 0 atom stereocenters. The quantitative estimate of drug-likeness (QED) is 0.733. The first-order valence-corrected chi connectivity index (χ1v) is 5.83. The third-order valence-electron chi connectivity index (χ3n) is 2.96. The lowest BCUT2D eigenvalue weighted by atomic mass is 10.1. The number of carboxylic acid groups (broad SMARTS) is 1. The van der Waals surface area contributed by atoms with Crippen LogP contribution in [0.25, 0.3) is 16.6 Å². The first-order valence-electron chi connectivity index (χ1n) is 5.83. The van der Waals surface area contributed by atoms with E-state index in [-0.39, 0.29) is 5.69 Å². The van der Waals surface area contributed by atoms with E-state index in [9.17, 15) is 9.59 Å². The monoisotopic (exact) mass is 267 g/mol. The van der Waals surface area contributed by atoms with Gasteiger partial charge in [-0.25, -0.2) is 9.48 Å². The summed E-state index contributed by atoms with van der Waals surface area (Å²) in [6.45, 7) is 0. The number of carbonyl (C=O) groups excluding carboxylic acids is 1. The Kier molecular flexibility index (Phi) is 2.76. The van der Waals surface area contributed by atoms with E-state index < -0.39 is 5.97 Å². The fourth-order valence-electron chi connectivity index (χ4n) is 2.05. The van der Waals surface area contributed by atoms with Crippen molar-refractivity contribution >= 4 is 23.2 Å². The minimum Gasteiger partial charge on any atom is -0.476 e. The van der Waals surface area contributed by atoms with Crippen LogP contribution in [0.15, 0.2) is 42.7 Å². The molecule has 0 saturated carbocycles. The lowest BCUT2D eigenvalue weighted by Gasteiger charge is -2.07. The number of carbonyl (C=O) groups is 2. The van der Waals surface area contributed by atoms with Gasteiger partial charge in [0.25, 0.3) is 0 Å². The van der Waals surface area contributed by atoms with E-state index in [4.69, 9.17) is 5.11 Å². The molecule has 0 unspecified atom stereocenters. The molecule has 0 radical (unpaired) electrons. The van der Waals surface area contributed by atoms with Gasteiger partial charge in [-0.05, 0) is 30.3 Å². The Morgan fingerprint density at radius 3 is 2.80 bits per heavy atom. The van der Waals surface area contributed by atoms with E-state index in [0.29, 0.717) is 16.8 Å². The Bertz CT molecular complexity index is 823. The van der Waals surface area contributed by atoms with E-state index >= 15 is 0 Å². The van der Waals surface area contributed by atoms with E-state index in [0.717, 1.165) is 11.7 Å². The standard InChI is InChI=1S/C14H9N3O3/c18-8-9-3-4-12(10-2-1-6-15-13(9)10)17-7-5-11(16-17)14(19)20/h1-8H,(H,19,20). The number of aromatic nitrogens is 3. The van der Waals surface area contributed by atoms with E-state index in [2.05, 4.69) is 10.1 Å². The van der Waals surface area contributed by atoms with Crippen molar-refractivity contribution < 1.29 is 14.7 Å². The molecule has 0 bridgehead atoms. The second kappa shape index (κ2) is 4.58. The number of carboxylic acids is 1. The Morgan fingerprint density at radius 2 is 2.10 bits per heavy atom. The van der Waals surface area contributed by atoms with Crippen molar-refractivity contribution in [2.24, 2.45) is 0 Å². The van der Waals surface area contributed by atoms with Gasteiger partial charge in [0, 0.05) is 23.3 Å². The maximum absolute atomic E-state index is 11.0. The molecule has 2 aromatic heterocycles. The maximum atomic E-state index is 11.0. The molecular formula is C14H9N3O3. The molecule has 1 N–H and O–H groups in total. The van der Waals surface area contributed by atoms with Crippen LogP contribution in [0.2, 0.25) is 0 Å². The van der Waals surface area contributed by atoms with Crippen molar-refractivity contribution in [3.05, 3.63) is 54.0 Å². The molecule has 3 rings (SSSR count). The molecule has 3 aromatic rings. The van der Waals surface area contributed by atoms with Crippen molar-refractivity contribution in [1.29, 1.82) is 0 Å². The van der Waals surface area contributed by atoms with Crippen LogP contribution in [0.4, 0.5) is 0 Å². The van der Waals surface area contributed by atoms with Gasteiger partial charge in [-0.2, -0.15) is 5.10 Å². The van der Waals surface area contributed by atoms with Crippen LogP contribution in [0.5, 0.6) is 0 Å². The predicted octanol–water partition coefficient (Wildman–Crippen LogP) is 1.93. The fourth-order valence-corrected chi connectivity index (χ4v) is 2.05. The highest BCUT2D eigenvalue weighted by atomic mass is 16.4. The number of aromatic carboxylic acids is 1.